The topological polar surface area (TPSA) is 28.4 Å². The molecule has 1 atom stereocenters. The Morgan fingerprint density at radius 2 is 2.00 bits per heavy atom. The first kappa shape index (κ1) is 13.0. The van der Waals surface area contributed by atoms with Crippen LogP contribution >= 0.6 is 0 Å². The van der Waals surface area contributed by atoms with Crippen LogP contribution in [-0.4, -0.2) is 25.2 Å². The molecule has 106 valence electrons. The predicted octanol–water partition coefficient (Wildman–Crippen LogP) is 3.42. The molecule has 1 aliphatic carbocycles. The predicted molar refractivity (Wildman–Crippen MR) is 78.5 cm³/mol. The van der Waals surface area contributed by atoms with Crippen molar-refractivity contribution < 1.29 is 4.42 Å². The average Bonchev–Trinajstić information content (AvgIpc) is 3.05. The molecule has 3 rings (SSSR count). The van der Waals surface area contributed by atoms with Crippen LogP contribution in [0.2, 0.25) is 0 Å². The molecule has 1 aliphatic heterocycles. The van der Waals surface area contributed by atoms with Gasteiger partial charge in [0.2, 0.25) is 0 Å². The first-order valence-corrected chi connectivity index (χ1v) is 7.67. The molecule has 3 nitrogen and oxygen atoms in total. The molecule has 0 bridgehead atoms. The maximum absolute atomic E-state index is 5.32. The summed E-state index contributed by atoms with van der Waals surface area (Å²) < 4.78 is 5.32. The second-order valence-electron chi connectivity index (χ2n) is 6.93. The van der Waals surface area contributed by atoms with E-state index >= 15 is 0 Å². The number of nitrogens with zero attached hydrogens (tertiary/aromatic N) is 1. The molecule has 1 saturated carbocycles. The fraction of sp³-hybridized carbons (Fsp3) is 0.750. The van der Waals surface area contributed by atoms with E-state index in [0.717, 1.165) is 13.1 Å². The smallest absolute Gasteiger partial charge is 0.114 e. The second kappa shape index (κ2) is 5.20. The maximum atomic E-state index is 5.32. The van der Waals surface area contributed by atoms with Gasteiger partial charge in [-0.1, -0.05) is 13.8 Å². The molecule has 2 heterocycles. The summed E-state index contributed by atoms with van der Waals surface area (Å²) in [6.45, 7) is 7.08. The van der Waals surface area contributed by atoms with Crippen LogP contribution in [0.3, 0.4) is 0 Å². The zero-order chi connectivity index (χ0) is 13.3. The fourth-order valence-corrected chi connectivity index (χ4v) is 3.66. The van der Waals surface area contributed by atoms with E-state index in [1.165, 1.54) is 37.8 Å². The van der Waals surface area contributed by atoms with Gasteiger partial charge in [0.1, 0.15) is 6.26 Å². The zero-order valence-corrected chi connectivity index (χ0v) is 12.2. The van der Waals surface area contributed by atoms with Gasteiger partial charge in [-0.25, -0.2) is 0 Å². The molecule has 1 N–H and O–H groups in total. The van der Waals surface area contributed by atoms with Gasteiger partial charge in [-0.2, -0.15) is 0 Å². The van der Waals surface area contributed by atoms with Crippen molar-refractivity contribution >= 4 is 5.69 Å². The van der Waals surface area contributed by atoms with Crippen molar-refractivity contribution in [3.8, 4) is 0 Å². The van der Waals surface area contributed by atoms with Crippen molar-refractivity contribution in [2.45, 2.75) is 58.0 Å². The van der Waals surface area contributed by atoms with Gasteiger partial charge < -0.3 is 14.6 Å². The Balaban J connectivity index is 1.76. The lowest BCUT2D eigenvalue weighted by Crippen LogP contribution is -2.47. The molecular weight excluding hydrogens is 236 g/mol. The number of rotatable bonds is 3. The van der Waals surface area contributed by atoms with Crippen LogP contribution in [0.25, 0.3) is 0 Å². The molecule has 0 aromatic carbocycles. The van der Waals surface area contributed by atoms with Crippen LogP contribution in [0.4, 0.5) is 5.69 Å². The average molecular weight is 262 g/mol. The van der Waals surface area contributed by atoms with E-state index in [0.29, 0.717) is 17.5 Å². The lowest BCUT2D eigenvalue weighted by atomic mass is 9.75. The third-order valence-electron chi connectivity index (χ3n) is 4.93. The van der Waals surface area contributed by atoms with E-state index < -0.39 is 0 Å². The minimum Gasteiger partial charge on any atom is -0.470 e. The Kier molecular flexibility index (Phi) is 3.57. The number of nitrogens with one attached hydrogen (secondary N) is 1. The summed E-state index contributed by atoms with van der Waals surface area (Å²) in [7, 11) is 0. The van der Waals surface area contributed by atoms with Gasteiger partial charge in [-0.05, 0) is 50.1 Å². The van der Waals surface area contributed by atoms with Gasteiger partial charge in [0, 0.05) is 18.6 Å². The molecule has 1 saturated heterocycles. The molecule has 0 amide bonds. The van der Waals surface area contributed by atoms with Crippen LogP contribution in [0.1, 0.15) is 46.0 Å². The Morgan fingerprint density at radius 3 is 2.58 bits per heavy atom. The van der Waals surface area contributed by atoms with Crippen LogP contribution < -0.4 is 10.2 Å². The summed E-state index contributed by atoms with van der Waals surface area (Å²) in [6, 6.07) is 3.46. The Labute approximate surface area is 116 Å². The van der Waals surface area contributed by atoms with Crippen molar-refractivity contribution in [3.63, 3.8) is 0 Å². The highest BCUT2D eigenvalue weighted by molar-refractivity contribution is 5.46. The molecule has 2 aliphatic rings. The molecule has 0 radical (unpaired) electrons. The molecule has 1 aromatic heterocycles. The summed E-state index contributed by atoms with van der Waals surface area (Å²) in [5.41, 5.74) is 1.81. The first-order valence-electron chi connectivity index (χ1n) is 7.67. The van der Waals surface area contributed by atoms with Crippen LogP contribution in [0.15, 0.2) is 23.0 Å². The third-order valence-corrected chi connectivity index (χ3v) is 4.93. The number of anilines is 1. The van der Waals surface area contributed by atoms with Gasteiger partial charge in [-0.3, -0.25) is 0 Å². The van der Waals surface area contributed by atoms with E-state index in [1.54, 1.807) is 6.26 Å². The monoisotopic (exact) mass is 262 g/mol. The standard InChI is InChI=1S/C16H26N2O/c1-16(2)7-3-13(4-8-16)18(14-5-9-17-11-14)15-6-10-19-12-15/h6,10,12-14,17H,3-5,7-9,11H2,1-2H3. The Bertz CT molecular complexity index is 383. The quantitative estimate of drug-likeness (QED) is 0.905. The molecule has 0 spiro atoms. The van der Waals surface area contributed by atoms with Gasteiger partial charge >= 0.3 is 0 Å². The largest absolute Gasteiger partial charge is 0.470 e. The highest BCUT2D eigenvalue weighted by Gasteiger charge is 2.34. The zero-order valence-electron chi connectivity index (χ0n) is 12.2. The molecular formula is C16H26N2O. The first-order chi connectivity index (χ1) is 9.16. The van der Waals surface area contributed by atoms with Gasteiger partial charge in [-0.15, -0.1) is 0 Å². The van der Waals surface area contributed by atoms with E-state index in [2.05, 4.69) is 30.1 Å². The summed E-state index contributed by atoms with van der Waals surface area (Å²) in [6.07, 6.45) is 10.3. The van der Waals surface area contributed by atoms with E-state index in [4.69, 9.17) is 4.42 Å². The number of hydrogen-bond donors (Lipinski definition) is 1. The minimum atomic E-state index is 0.534. The van der Waals surface area contributed by atoms with Crippen LogP contribution in [0, 0.1) is 5.41 Å². The highest BCUT2D eigenvalue weighted by atomic mass is 16.3. The van der Waals surface area contributed by atoms with Gasteiger partial charge in [0.15, 0.2) is 0 Å². The Hall–Kier alpha value is -0.960. The molecule has 2 fully saturated rings. The SMILES string of the molecule is CC1(C)CCC(N(c2ccoc2)C2CCNC2)CC1. The summed E-state index contributed by atoms with van der Waals surface area (Å²) in [5, 5.41) is 3.50. The van der Waals surface area contributed by atoms with E-state index in [1.807, 2.05) is 6.26 Å². The van der Waals surface area contributed by atoms with Crippen LogP contribution in [-0.2, 0) is 0 Å². The van der Waals surface area contributed by atoms with Crippen molar-refractivity contribution in [2.24, 2.45) is 5.41 Å². The molecule has 19 heavy (non-hydrogen) atoms. The molecule has 1 aromatic rings. The minimum absolute atomic E-state index is 0.534. The molecule has 3 heteroatoms. The Morgan fingerprint density at radius 1 is 1.21 bits per heavy atom. The molecule has 1 unspecified atom stereocenters. The lowest BCUT2D eigenvalue weighted by Gasteiger charge is -2.43. The van der Waals surface area contributed by atoms with Crippen molar-refractivity contribution in [3.05, 3.63) is 18.6 Å². The van der Waals surface area contributed by atoms with E-state index in [-0.39, 0.29) is 0 Å². The van der Waals surface area contributed by atoms with Crippen molar-refractivity contribution in [2.75, 3.05) is 18.0 Å². The normalized spacial score (nSPS) is 27.6. The van der Waals surface area contributed by atoms with Crippen LogP contribution in [0.5, 0.6) is 0 Å². The number of hydrogen-bond acceptors (Lipinski definition) is 3. The summed E-state index contributed by atoms with van der Waals surface area (Å²) in [4.78, 5) is 2.64. The summed E-state index contributed by atoms with van der Waals surface area (Å²) >= 11 is 0. The van der Waals surface area contributed by atoms with E-state index in [9.17, 15) is 0 Å². The second-order valence-corrected chi connectivity index (χ2v) is 6.93. The number of furan rings is 1. The maximum Gasteiger partial charge on any atom is 0.114 e. The lowest BCUT2D eigenvalue weighted by molar-refractivity contribution is 0.215. The van der Waals surface area contributed by atoms with Gasteiger partial charge in [0.25, 0.3) is 0 Å². The summed E-state index contributed by atoms with van der Waals surface area (Å²) in [5.74, 6) is 0. The highest BCUT2D eigenvalue weighted by Crippen LogP contribution is 2.39. The third kappa shape index (κ3) is 2.81. The van der Waals surface area contributed by atoms with Gasteiger partial charge in [0.05, 0.1) is 12.0 Å². The van der Waals surface area contributed by atoms with Crippen molar-refractivity contribution in [1.82, 2.24) is 5.32 Å². The fourth-order valence-electron chi connectivity index (χ4n) is 3.66. The van der Waals surface area contributed by atoms with Crippen molar-refractivity contribution in [1.29, 1.82) is 0 Å².